The number of hydrogen-bond acceptors (Lipinski definition) is 3. The van der Waals surface area contributed by atoms with Crippen LogP contribution in [0.3, 0.4) is 0 Å². The fourth-order valence-electron chi connectivity index (χ4n) is 4.24. The highest BCUT2D eigenvalue weighted by atomic mass is 35.5. The van der Waals surface area contributed by atoms with E-state index in [2.05, 4.69) is 5.32 Å². The number of amides is 3. The minimum atomic E-state index is -6.93. The molecule has 0 heterocycles. The molecule has 6 nitrogen and oxygen atoms in total. The Labute approximate surface area is 276 Å². The number of hydrogen-bond donors (Lipinski definition) is 3. The molecule has 3 aromatic carbocycles. The lowest BCUT2D eigenvalue weighted by Crippen LogP contribution is -2.57. The van der Waals surface area contributed by atoms with Gasteiger partial charge in [0.05, 0.1) is 27.2 Å². The molecule has 0 unspecified atom stereocenters. The minimum Gasteiger partial charge on any atom is -0.326 e. The SMILES string of the molecule is O=C(Nc1ccc(F)c(NC(=O)C(F)(F)C(F)(F)C(F)(F)F)c1F)c1cc(NC(=O)[C@H]2[C@H](c3ccc(F)c(Cl)c3)C2(Cl)Cl)ccc1Cl. The number of carbonyl (C=O) groups is 3. The molecular formula is C27H13Cl4F10N3O3. The highest BCUT2D eigenvalue weighted by Crippen LogP contribution is 2.65. The van der Waals surface area contributed by atoms with Gasteiger partial charge in [-0.1, -0.05) is 29.3 Å². The summed E-state index contributed by atoms with van der Waals surface area (Å²) >= 11 is 24.3. The van der Waals surface area contributed by atoms with E-state index in [4.69, 9.17) is 46.4 Å². The van der Waals surface area contributed by atoms with Crippen LogP contribution in [0.2, 0.25) is 10.0 Å². The third-order valence-electron chi connectivity index (χ3n) is 6.73. The zero-order valence-corrected chi connectivity index (χ0v) is 25.3. The van der Waals surface area contributed by atoms with Gasteiger partial charge in [0.2, 0.25) is 5.91 Å². The van der Waals surface area contributed by atoms with Crippen LogP contribution in [0.5, 0.6) is 0 Å². The van der Waals surface area contributed by atoms with Crippen molar-refractivity contribution in [3.63, 3.8) is 0 Å². The lowest BCUT2D eigenvalue weighted by molar-refractivity contribution is -0.343. The maximum Gasteiger partial charge on any atom is 0.460 e. The zero-order valence-electron chi connectivity index (χ0n) is 22.3. The number of halogens is 14. The second-order valence-electron chi connectivity index (χ2n) is 9.83. The van der Waals surface area contributed by atoms with Crippen molar-refractivity contribution in [3.8, 4) is 0 Å². The van der Waals surface area contributed by atoms with E-state index in [-0.39, 0.29) is 21.8 Å². The van der Waals surface area contributed by atoms with Gasteiger partial charge in [0.15, 0.2) is 5.82 Å². The number of rotatable bonds is 8. The van der Waals surface area contributed by atoms with E-state index in [0.29, 0.717) is 16.9 Å². The first kappa shape index (κ1) is 36.4. The Balaban J connectivity index is 1.52. The van der Waals surface area contributed by atoms with Crippen LogP contribution in [0.25, 0.3) is 0 Å². The molecule has 0 aliphatic heterocycles. The van der Waals surface area contributed by atoms with Gasteiger partial charge < -0.3 is 16.0 Å². The van der Waals surface area contributed by atoms with E-state index < -0.39 is 86.3 Å². The Hall–Kier alpha value is -3.47. The second-order valence-corrected chi connectivity index (χ2v) is 12.1. The number of alkyl halides is 9. The minimum absolute atomic E-state index is 0.100. The van der Waals surface area contributed by atoms with E-state index in [1.54, 1.807) is 0 Å². The number of benzene rings is 3. The molecule has 3 N–H and O–H groups in total. The molecule has 0 radical (unpaired) electrons. The Bertz CT molecular complexity index is 1790. The van der Waals surface area contributed by atoms with Gasteiger partial charge in [0.1, 0.15) is 21.7 Å². The summed E-state index contributed by atoms with van der Waals surface area (Å²) in [7, 11) is 0. The van der Waals surface area contributed by atoms with Gasteiger partial charge in [-0.3, -0.25) is 14.4 Å². The molecule has 0 saturated heterocycles. The highest BCUT2D eigenvalue weighted by molar-refractivity contribution is 6.53. The van der Waals surface area contributed by atoms with Crippen LogP contribution in [0, 0.1) is 23.4 Å². The monoisotopic (exact) mass is 757 g/mol. The topological polar surface area (TPSA) is 87.3 Å². The third kappa shape index (κ3) is 6.78. The number of anilines is 3. The molecule has 252 valence electrons. The van der Waals surface area contributed by atoms with Gasteiger partial charge in [0, 0.05) is 11.6 Å². The van der Waals surface area contributed by atoms with Crippen molar-refractivity contribution in [1.29, 1.82) is 0 Å². The largest absolute Gasteiger partial charge is 0.460 e. The van der Waals surface area contributed by atoms with E-state index in [1.165, 1.54) is 18.2 Å². The van der Waals surface area contributed by atoms with Crippen molar-refractivity contribution in [2.24, 2.45) is 5.92 Å². The predicted molar refractivity (Wildman–Crippen MR) is 151 cm³/mol. The van der Waals surface area contributed by atoms with Gasteiger partial charge >= 0.3 is 23.9 Å². The number of nitrogens with one attached hydrogen (secondary N) is 3. The van der Waals surface area contributed by atoms with E-state index in [0.717, 1.165) is 18.2 Å². The standard InChI is InChI=1S/C27H13Cl4F10N3O3/c28-12-3-2-10(42-22(46)18-17(24(18,30)31)9-1-4-14(32)13(29)7-9)8-11(12)21(45)43-16-6-5-15(33)20(19(16)34)44-23(47)25(35,36)26(37,38)27(39,40)41/h1-8,17-18H,(H,42,46)(H,43,45)(H,44,47)/t17-,18+/m0/s1. The fraction of sp³-hybridized carbons (Fsp3) is 0.222. The summed E-state index contributed by atoms with van der Waals surface area (Å²) in [6.45, 7) is 0. The Morgan fingerprint density at radius 3 is 1.96 bits per heavy atom. The van der Waals surface area contributed by atoms with Crippen LogP contribution >= 0.6 is 46.4 Å². The van der Waals surface area contributed by atoms with Crippen LogP contribution in [-0.4, -0.2) is 40.1 Å². The van der Waals surface area contributed by atoms with Crippen molar-refractivity contribution in [2.45, 2.75) is 28.3 Å². The van der Waals surface area contributed by atoms with Crippen molar-refractivity contribution in [3.05, 3.63) is 87.2 Å². The first-order valence-corrected chi connectivity index (χ1v) is 13.9. The molecule has 0 spiro atoms. The van der Waals surface area contributed by atoms with Gasteiger partial charge in [-0.05, 0) is 48.0 Å². The smallest absolute Gasteiger partial charge is 0.326 e. The normalized spacial score (nSPS) is 17.6. The average Bonchev–Trinajstić information content (AvgIpc) is 3.55. The van der Waals surface area contributed by atoms with Crippen LogP contribution < -0.4 is 16.0 Å². The van der Waals surface area contributed by atoms with Gasteiger partial charge in [0.25, 0.3) is 5.91 Å². The Morgan fingerprint density at radius 2 is 1.36 bits per heavy atom. The maximum absolute atomic E-state index is 15.0. The van der Waals surface area contributed by atoms with Crippen LogP contribution in [-0.2, 0) is 9.59 Å². The van der Waals surface area contributed by atoms with E-state index in [9.17, 15) is 58.3 Å². The maximum atomic E-state index is 15.0. The Morgan fingerprint density at radius 1 is 0.745 bits per heavy atom. The van der Waals surface area contributed by atoms with Gasteiger partial charge in [-0.15, -0.1) is 23.2 Å². The summed E-state index contributed by atoms with van der Waals surface area (Å²) in [5.74, 6) is -25.5. The molecule has 2 atom stereocenters. The molecule has 1 aliphatic rings. The quantitative estimate of drug-likeness (QED) is 0.158. The Kier molecular flexibility index (Phi) is 9.69. The molecule has 1 saturated carbocycles. The summed E-state index contributed by atoms with van der Waals surface area (Å²) in [6, 6.07) is 7.63. The predicted octanol–water partition coefficient (Wildman–Crippen LogP) is 8.96. The molecule has 1 aliphatic carbocycles. The van der Waals surface area contributed by atoms with Crippen molar-refractivity contribution in [1.82, 2.24) is 0 Å². The first-order valence-electron chi connectivity index (χ1n) is 12.4. The molecule has 20 heteroatoms. The van der Waals surface area contributed by atoms with Gasteiger partial charge in [-0.25, -0.2) is 13.2 Å². The average molecular weight is 759 g/mol. The molecule has 3 aromatic rings. The van der Waals surface area contributed by atoms with Crippen LogP contribution in [0.15, 0.2) is 48.5 Å². The zero-order chi connectivity index (χ0) is 35.4. The summed E-state index contributed by atoms with van der Waals surface area (Å²) in [5.41, 5.74) is -3.22. The van der Waals surface area contributed by atoms with Crippen LogP contribution in [0.1, 0.15) is 21.8 Å². The van der Waals surface area contributed by atoms with Crippen molar-refractivity contribution in [2.75, 3.05) is 16.0 Å². The van der Waals surface area contributed by atoms with E-state index >= 15 is 0 Å². The van der Waals surface area contributed by atoms with Crippen LogP contribution in [0.4, 0.5) is 61.0 Å². The highest BCUT2D eigenvalue weighted by Gasteiger charge is 2.76. The first-order chi connectivity index (χ1) is 21.5. The molecule has 4 rings (SSSR count). The van der Waals surface area contributed by atoms with Crippen molar-refractivity contribution >= 4 is 81.2 Å². The summed E-state index contributed by atoms with van der Waals surface area (Å²) in [5, 5.41) is 4.33. The molecule has 0 aromatic heterocycles. The lowest BCUT2D eigenvalue weighted by atomic mass is 10.1. The summed E-state index contributed by atoms with van der Waals surface area (Å²) < 4.78 is 132. The molecular weight excluding hydrogens is 746 g/mol. The second kappa shape index (κ2) is 12.5. The molecule has 3 amide bonds. The molecule has 47 heavy (non-hydrogen) atoms. The van der Waals surface area contributed by atoms with Gasteiger partial charge in [-0.2, -0.15) is 30.7 Å². The number of carbonyl (C=O) groups excluding carboxylic acids is 3. The van der Waals surface area contributed by atoms with E-state index in [1.807, 2.05) is 5.32 Å². The summed E-state index contributed by atoms with van der Waals surface area (Å²) in [4.78, 5) is 37.5. The molecule has 0 bridgehead atoms. The fourth-order valence-corrected chi connectivity index (χ4v) is 5.46. The third-order valence-corrected chi connectivity index (χ3v) is 8.29. The summed E-state index contributed by atoms with van der Waals surface area (Å²) in [6.07, 6.45) is -6.91. The lowest BCUT2D eigenvalue weighted by Gasteiger charge is -2.27. The molecule has 1 fully saturated rings. The van der Waals surface area contributed by atoms with Crippen molar-refractivity contribution < 1.29 is 58.3 Å².